The zero-order valence-corrected chi connectivity index (χ0v) is 32.0. The smallest absolute Gasteiger partial charge is 0.328 e. The molecule has 1 amide bonds. The zero-order valence-electron chi connectivity index (χ0n) is 32.0. The van der Waals surface area contributed by atoms with E-state index in [1.165, 1.54) is 24.5 Å². The number of hydrogen-bond donors (Lipinski definition) is 3. The molecule has 16 heteroatoms. The van der Waals surface area contributed by atoms with Gasteiger partial charge in [0, 0.05) is 76.6 Å². The van der Waals surface area contributed by atoms with Crippen molar-refractivity contribution in [3.63, 3.8) is 0 Å². The average Bonchev–Trinajstić information content (AvgIpc) is 3.54. The number of carboxylic acids is 2. The van der Waals surface area contributed by atoms with Gasteiger partial charge in [0.1, 0.15) is 17.9 Å². The minimum Gasteiger partial charge on any atom is -0.478 e. The summed E-state index contributed by atoms with van der Waals surface area (Å²) in [4.78, 5) is 43.5. The number of likely N-dealkylation sites (tertiary alicyclic amines) is 1. The highest BCUT2D eigenvalue weighted by Gasteiger charge is 2.50. The number of benzene rings is 1. The van der Waals surface area contributed by atoms with Gasteiger partial charge in [0.15, 0.2) is 5.82 Å². The summed E-state index contributed by atoms with van der Waals surface area (Å²) in [5.74, 6) is -1.71. The van der Waals surface area contributed by atoms with Gasteiger partial charge in [0.25, 0.3) is 11.8 Å². The number of hydrogen-bond acceptors (Lipinski definition) is 12. The van der Waals surface area contributed by atoms with Gasteiger partial charge in [0.2, 0.25) is 0 Å². The summed E-state index contributed by atoms with van der Waals surface area (Å²) in [5.41, 5.74) is 0.337. The zero-order chi connectivity index (χ0) is 39.1. The Bertz CT molecular complexity index is 1500. The molecule has 0 saturated carbocycles. The van der Waals surface area contributed by atoms with Crippen LogP contribution in [0.5, 0.6) is 11.6 Å². The lowest BCUT2D eigenvalue weighted by Crippen LogP contribution is -2.62. The van der Waals surface area contributed by atoms with E-state index in [1.807, 2.05) is 20.8 Å². The number of nitrogens with one attached hydrogen (secondary N) is 1. The standard InChI is InChI=1S/C33H52FN7O4.C4H4O4/c1-8-41(24(4)5)32(42)27-16-25(34)11-12-29(27)45-31-30(36-22-37-38-31)39-15-13-33(19-39)20-40(21-33)28(23(2)3)10-9-14-35-26(17-43-6)18-44-7;5-3(6)1-2-4(7)8/h11-12,16,22-24,26,28,35H,8-10,13-15,17-21H2,1-7H3;1-2H,(H,5,6)(H,7,8)/b;2-1+. The molecule has 53 heavy (non-hydrogen) atoms. The topological polar surface area (TPSA) is 180 Å². The van der Waals surface area contributed by atoms with Crippen LogP contribution in [0, 0.1) is 17.2 Å². The van der Waals surface area contributed by atoms with Gasteiger partial charge in [-0.05, 0) is 70.7 Å². The van der Waals surface area contributed by atoms with E-state index < -0.39 is 17.8 Å². The Balaban J connectivity index is 0.000000846. The van der Waals surface area contributed by atoms with E-state index in [0.29, 0.717) is 49.7 Å². The molecule has 15 nitrogen and oxygen atoms in total. The van der Waals surface area contributed by atoms with Crippen molar-refractivity contribution < 1.29 is 43.2 Å². The lowest BCUT2D eigenvalue weighted by atomic mass is 9.76. The number of nitrogens with zero attached hydrogens (tertiary/aromatic N) is 6. The van der Waals surface area contributed by atoms with Crippen LogP contribution in [0.1, 0.15) is 64.2 Å². The summed E-state index contributed by atoms with van der Waals surface area (Å²) in [6.45, 7) is 16.9. The highest BCUT2D eigenvalue weighted by molar-refractivity contribution is 5.97. The SMILES string of the molecule is CCN(C(=O)c1cc(F)ccc1Oc1nncnc1N1CCC2(C1)CN(C(CCCNC(COC)COC)C(C)C)C2)C(C)C.O=C(O)/C=C/C(=O)O. The van der Waals surface area contributed by atoms with Crippen molar-refractivity contribution in [1.29, 1.82) is 0 Å². The molecular weight excluding hydrogens is 689 g/mol. The van der Waals surface area contributed by atoms with E-state index in [-0.39, 0.29) is 40.6 Å². The number of methoxy groups -OCH3 is 2. The van der Waals surface area contributed by atoms with Crippen LogP contribution in [0.25, 0.3) is 0 Å². The Morgan fingerprint density at radius 3 is 2.28 bits per heavy atom. The largest absolute Gasteiger partial charge is 0.478 e. The highest BCUT2D eigenvalue weighted by Crippen LogP contribution is 2.44. The van der Waals surface area contributed by atoms with E-state index in [1.54, 1.807) is 19.1 Å². The number of aromatic nitrogens is 3. The molecule has 0 bridgehead atoms. The first-order valence-corrected chi connectivity index (χ1v) is 18.0. The first-order chi connectivity index (χ1) is 25.2. The maximum absolute atomic E-state index is 14.3. The number of carboxylic acid groups (broad SMARTS) is 2. The molecule has 1 aromatic heterocycles. The molecule has 2 aromatic rings. The van der Waals surface area contributed by atoms with Gasteiger partial charge in [-0.15, -0.1) is 10.2 Å². The fourth-order valence-corrected chi connectivity index (χ4v) is 6.99. The van der Waals surface area contributed by atoms with E-state index in [4.69, 9.17) is 24.4 Å². The summed E-state index contributed by atoms with van der Waals surface area (Å²) in [6.07, 6.45) is 5.81. The Kier molecular flexibility index (Phi) is 17.0. The van der Waals surface area contributed by atoms with Gasteiger partial charge in [0.05, 0.1) is 24.8 Å². The van der Waals surface area contributed by atoms with E-state index in [0.717, 1.165) is 52.0 Å². The van der Waals surface area contributed by atoms with Crippen molar-refractivity contribution in [1.82, 2.24) is 30.3 Å². The number of halogens is 1. The van der Waals surface area contributed by atoms with Crippen molar-refractivity contribution in [3.8, 4) is 11.6 Å². The molecule has 0 radical (unpaired) electrons. The number of carbonyl (C=O) groups excluding carboxylic acids is 1. The van der Waals surface area contributed by atoms with E-state index in [9.17, 15) is 18.8 Å². The Morgan fingerprint density at radius 1 is 1.06 bits per heavy atom. The molecule has 1 unspecified atom stereocenters. The van der Waals surface area contributed by atoms with E-state index in [2.05, 4.69) is 44.1 Å². The third-order valence-corrected chi connectivity index (χ3v) is 9.44. The number of carbonyl (C=O) groups is 3. The first-order valence-electron chi connectivity index (χ1n) is 18.0. The van der Waals surface area contributed by atoms with Gasteiger partial charge >= 0.3 is 11.9 Å². The number of aliphatic carboxylic acids is 2. The molecule has 2 aliphatic rings. The summed E-state index contributed by atoms with van der Waals surface area (Å²) in [7, 11) is 3.44. The number of rotatable bonds is 19. The molecule has 2 fully saturated rings. The monoisotopic (exact) mass is 745 g/mol. The van der Waals surface area contributed by atoms with Crippen LogP contribution < -0.4 is 15.0 Å². The van der Waals surface area contributed by atoms with Crippen molar-refractivity contribution >= 4 is 23.7 Å². The van der Waals surface area contributed by atoms with Crippen LogP contribution >= 0.6 is 0 Å². The molecule has 0 aliphatic carbocycles. The van der Waals surface area contributed by atoms with Crippen molar-refractivity contribution in [2.24, 2.45) is 11.3 Å². The molecule has 1 atom stereocenters. The van der Waals surface area contributed by atoms with Crippen molar-refractivity contribution in [2.45, 2.75) is 72.0 Å². The molecule has 1 aromatic carbocycles. The number of anilines is 1. The van der Waals surface area contributed by atoms with Crippen LogP contribution in [0.15, 0.2) is 36.7 Å². The molecule has 294 valence electrons. The fourth-order valence-electron chi connectivity index (χ4n) is 6.99. The quantitative estimate of drug-likeness (QED) is 0.139. The molecule has 2 saturated heterocycles. The molecule has 3 heterocycles. The van der Waals surface area contributed by atoms with Crippen LogP contribution in [0.4, 0.5) is 10.2 Å². The van der Waals surface area contributed by atoms with Gasteiger partial charge in [-0.1, -0.05) is 13.8 Å². The second-order valence-corrected chi connectivity index (χ2v) is 14.1. The molecule has 2 aliphatic heterocycles. The van der Waals surface area contributed by atoms with Crippen LogP contribution in [0.3, 0.4) is 0 Å². The fraction of sp³-hybridized carbons (Fsp3) is 0.622. The predicted molar refractivity (Wildman–Crippen MR) is 197 cm³/mol. The lowest BCUT2D eigenvalue weighted by Gasteiger charge is -2.53. The highest BCUT2D eigenvalue weighted by atomic mass is 19.1. The minimum absolute atomic E-state index is 0.0451. The summed E-state index contributed by atoms with van der Waals surface area (Å²) in [6, 6.07) is 4.67. The Morgan fingerprint density at radius 2 is 1.72 bits per heavy atom. The van der Waals surface area contributed by atoms with Gasteiger partial charge in [-0.2, -0.15) is 0 Å². The second kappa shape index (κ2) is 20.8. The number of ether oxygens (including phenoxy) is 3. The van der Waals surface area contributed by atoms with Gasteiger partial charge < -0.3 is 39.5 Å². The minimum atomic E-state index is -1.26. The summed E-state index contributed by atoms with van der Waals surface area (Å²) < 4.78 is 31.1. The maximum Gasteiger partial charge on any atom is 0.328 e. The number of amides is 1. The molecule has 1 spiro atoms. The van der Waals surface area contributed by atoms with Crippen LogP contribution in [-0.4, -0.2) is 138 Å². The van der Waals surface area contributed by atoms with E-state index >= 15 is 0 Å². The van der Waals surface area contributed by atoms with Crippen molar-refractivity contribution in [3.05, 3.63) is 48.1 Å². The third-order valence-electron chi connectivity index (χ3n) is 9.44. The van der Waals surface area contributed by atoms with Gasteiger partial charge in [-0.25, -0.2) is 19.0 Å². The molecule has 3 N–H and O–H groups in total. The molecular formula is C37H56FN7O8. The maximum atomic E-state index is 14.3. The normalized spacial score (nSPS) is 15.9. The van der Waals surface area contributed by atoms with Crippen LogP contribution in [-0.2, 0) is 19.1 Å². The summed E-state index contributed by atoms with van der Waals surface area (Å²) in [5, 5.41) is 27.4. The Labute approximate surface area is 311 Å². The van der Waals surface area contributed by atoms with Crippen molar-refractivity contribution in [2.75, 3.05) is 71.6 Å². The Hall–Kier alpha value is -4.25. The predicted octanol–water partition coefficient (Wildman–Crippen LogP) is 3.95. The second-order valence-electron chi connectivity index (χ2n) is 14.1. The average molecular weight is 746 g/mol. The lowest BCUT2D eigenvalue weighted by molar-refractivity contribution is -0.134. The first kappa shape index (κ1) is 43.2. The third kappa shape index (κ3) is 12.7. The summed E-state index contributed by atoms with van der Waals surface area (Å²) >= 11 is 0. The van der Waals surface area contributed by atoms with Crippen LogP contribution in [0.2, 0.25) is 0 Å². The van der Waals surface area contributed by atoms with Gasteiger partial charge in [-0.3, -0.25) is 9.69 Å². The molecule has 4 rings (SSSR count).